The van der Waals surface area contributed by atoms with Gasteiger partial charge < -0.3 is 19.6 Å². The SMILES string of the molecule is O=C(Nc1ccc2oc(=O)n(CC(=O)N3CCCCC3)c2c1)c1c[nH]c(=O)c2ccccc12. The van der Waals surface area contributed by atoms with Gasteiger partial charge in [0.25, 0.3) is 11.5 Å². The van der Waals surface area contributed by atoms with Crippen molar-refractivity contribution in [3.8, 4) is 0 Å². The van der Waals surface area contributed by atoms with Crippen LogP contribution in [0.15, 0.2) is 62.7 Å². The van der Waals surface area contributed by atoms with Crippen LogP contribution in [0.2, 0.25) is 0 Å². The topological polar surface area (TPSA) is 117 Å². The minimum atomic E-state index is -0.620. The van der Waals surface area contributed by atoms with Crippen molar-refractivity contribution in [1.29, 1.82) is 0 Å². The van der Waals surface area contributed by atoms with E-state index in [1.165, 1.54) is 10.8 Å². The van der Waals surface area contributed by atoms with Gasteiger partial charge in [-0.05, 0) is 43.5 Å². The quantitative estimate of drug-likeness (QED) is 0.500. The largest absolute Gasteiger partial charge is 0.420 e. The Hall–Kier alpha value is -4.14. The summed E-state index contributed by atoms with van der Waals surface area (Å²) in [6, 6.07) is 11.7. The minimum absolute atomic E-state index is 0.117. The van der Waals surface area contributed by atoms with E-state index in [1.807, 2.05) is 0 Å². The number of oxazole rings is 1. The number of benzene rings is 2. The van der Waals surface area contributed by atoms with E-state index in [0.717, 1.165) is 19.3 Å². The fourth-order valence-electron chi connectivity index (χ4n) is 4.26. The number of anilines is 1. The minimum Gasteiger partial charge on any atom is -0.408 e. The first kappa shape index (κ1) is 20.7. The number of piperidine rings is 1. The molecule has 2 N–H and O–H groups in total. The lowest BCUT2D eigenvalue weighted by Gasteiger charge is -2.26. The average Bonchev–Trinajstić information content (AvgIpc) is 3.14. The fraction of sp³-hybridized carbons (Fsp3) is 0.250. The molecule has 9 nitrogen and oxygen atoms in total. The molecule has 0 spiro atoms. The molecular formula is C24H22N4O5. The smallest absolute Gasteiger partial charge is 0.408 e. The molecule has 9 heteroatoms. The number of aromatic nitrogens is 2. The van der Waals surface area contributed by atoms with Crippen LogP contribution >= 0.6 is 0 Å². The van der Waals surface area contributed by atoms with Crippen molar-refractivity contribution in [2.45, 2.75) is 25.8 Å². The number of hydrogen-bond donors (Lipinski definition) is 2. The second-order valence-electron chi connectivity index (χ2n) is 8.11. The summed E-state index contributed by atoms with van der Waals surface area (Å²) < 4.78 is 6.58. The number of amides is 2. The van der Waals surface area contributed by atoms with E-state index in [0.29, 0.717) is 46.2 Å². The van der Waals surface area contributed by atoms with Gasteiger partial charge >= 0.3 is 5.76 Å². The number of hydrogen-bond acceptors (Lipinski definition) is 5. The Morgan fingerprint density at radius 1 is 1.00 bits per heavy atom. The van der Waals surface area contributed by atoms with Crippen molar-refractivity contribution in [1.82, 2.24) is 14.5 Å². The zero-order valence-electron chi connectivity index (χ0n) is 17.8. The van der Waals surface area contributed by atoms with Crippen molar-refractivity contribution in [3.63, 3.8) is 0 Å². The predicted molar refractivity (Wildman–Crippen MR) is 123 cm³/mol. The molecule has 3 heterocycles. The van der Waals surface area contributed by atoms with Crippen LogP contribution in [0, 0.1) is 0 Å². The summed E-state index contributed by atoms with van der Waals surface area (Å²) in [6.45, 7) is 1.27. The first-order valence-electron chi connectivity index (χ1n) is 10.8. The van der Waals surface area contributed by atoms with Crippen molar-refractivity contribution in [3.05, 3.63) is 75.1 Å². The van der Waals surface area contributed by atoms with Gasteiger partial charge in [0.05, 0.1) is 11.1 Å². The highest BCUT2D eigenvalue weighted by molar-refractivity contribution is 6.12. The number of pyridine rings is 1. The van der Waals surface area contributed by atoms with E-state index >= 15 is 0 Å². The first-order valence-corrected chi connectivity index (χ1v) is 10.8. The van der Waals surface area contributed by atoms with Crippen molar-refractivity contribution >= 4 is 39.4 Å². The normalized spacial score (nSPS) is 14.0. The van der Waals surface area contributed by atoms with Crippen LogP contribution in [-0.2, 0) is 11.3 Å². The van der Waals surface area contributed by atoms with Crippen LogP contribution in [0.1, 0.15) is 29.6 Å². The predicted octanol–water partition coefficient (Wildman–Crippen LogP) is 2.70. The Bertz CT molecular complexity index is 1490. The summed E-state index contributed by atoms with van der Waals surface area (Å²) >= 11 is 0. The molecule has 1 fully saturated rings. The number of likely N-dealkylation sites (tertiary alicyclic amines) is 1. The molecule has 168 valence electrons. The molecule has 0 bridgehead atoms. The van der Waals surface area contributed by atoms with Crippen LogP contribution in [0.3, 0.4) is 0 Å². The van der Waals surface area contributed by atoms with E-state index in [-0.39, 0.29) is 18.0 Å². The molecule has 0 atom stereocenters. The Morgan fingerprint density at radius 3 is 2.55 bits per heavy atom. The van der Waals surface area contributed by atoms with Crippen LogP contribution in [-0.4, -0.2) is 39.4 Å². The zero-order chi connectivity index (χ0) is 22.9. The summed E-state index contributed by atoms with van der Waals surface area (Å²) in [5, 5.41) is 3.75. The van der Waals surface area contributed by atoms with E-state index in [4.69, 9.17) is 4.42 Å². The molecule has 1 aliphatic heterocycles. The molecule has 0 unspecified atom stereocenters. The number of carbonyl (C=O) groups excluding carboxylic acids is 2. The lowest BCUT2D eigenvalue weighted by molar-refractivity contribution is -0.132. The van der Waals surface area contributed by atoms with Gasteiger partial charge in [0.2, 0.25) is 5.91 Å². The Balaban J connectivity index is 1.44. The molecular weight excluding hydrogens is 424 g/mol. The second kappa shape index (κ2) is 8.42. The van der Waals surface area contributed by atoms with Crippen molar-refractivity contribution < 1.29 is 14.0 Å². The summed E-state index contributed by atoms with van der Waals surface area (Å²) in [6.07, 6.45) is 4.40. The average molecular weight is 446 g/mol. The third-order valence-electron chi connectivity index (χ3n) is 5.98. The van der Waals surface area contributed by atoms with Gasteiger partial charge in [0, 0.05) is 35.7 Å². The number of nitrogens with one attached hydrogen (secondary N) is 2. The highest BCUT2D eigenvalue weighted by Gasteiger charge is 2.20. The molecule has 1 saturated heterocycles. The molecule has 0 radical (unpaired) electrons. The summed E-state index contributed by atoms with van der Waals surface area (Å²) in [5.74, 6) is -1.16. The van der Waals surface area contributed by atoms with Gasteiger partial charge in [-0.25, -0.2) is 4.79 Å². The lowest BCUT2D eigenvalue weighted by Crippen LogP contribution is -2.39. The van der Waals surface area contributed by atoms with E-state index in [1.54, 1.807) is 47.4 Å². The number of carbonyl (C=O) groups is 2. The molecule has 0 aliphatic carbocycles. The van der Waals surface area contributed by atoms with Gasteiger partial charge in [-0.2, -0.15) is 0 Å². The van der Waals surface area contributed by atoms with Crippen LogP contribution in [0.25, 0.3) is 21.9 Å². The van der Waals surface area contributed by atoms with E-state index in [2.05, 4.69) is 10.3 Å². The third-order valence-corrected chi connectivity index (χ3v) is 5.98. The van der Waals surface area contributed by atoms with Crippen LogP contribution in [0.4, 0.5) is 5.69 Å². The third kappa shape index (κ3) is 3.93. The highest BCUT2D eigenvalue weighted by atomic mass is 16.4. The molecule has 4 aromatic rings. The van der Waals surface area contributed by atoms with Gasteiger partial charge in [0.1, 0.15) is 6.54 Å². The molecule has 2 amide bonds. The second-order valence-corrected chi connectivity index (χ2v) is 8.11. The standard InChI is InChI=1S/C24H22N4O5/c29-21(27-10-4-1-5-11-27)14-28-19-12-15(8-9-20(19)33-24(28)32)26-23(31)18-13-25-22(30)17-7-3-2-6-16(17)18/h2-3,6-9,12-13H,1,4-5,10-11,14H2,(H,25,30)(H,26,31). The molecule has 0 saturated carbocycles. The van der Waals surface area contributed by atoms with Crippen LogP contribution in [0.5, 0.6) is 0 Å². The molecule has 5 rings (SSSR count). The Kier molecular flexibility index (Phi) is 5.29. The fourth-order valence-corrected chi connectivity index (χ4v) is 4.26. The Morgan fingerprint density at radius 2 is 1.76 bits per heavy atom. The highest BCUT2D eigenvalue weighted by Crippen LogP contribution is 2.21. The maximum atomic E-state index is 13.0. The number of fused-ring (bicyclic) bond motifs is 2. The molecule has 2 aromatic heterocycles. The Labute approximate surface area is 187 Å². The summed E-state index contributed by atoms with van der Waals surface area (Å²) in [4.78, 5) is 54.4. The summed E-state index contributed by atoms with van der Waals surface area (Å²) in [5.41, 5.74) is 1.23. The summed E-state index contributed by atoms with van der Waals surface area (Å²) in [7, 11) is 0. The van der Waals surface area contributed by atoms with Crippen LogP contribution < -0.4 is 16.6 Å². The van der Waals surface area contributed by atoms with Gasteiger partial charge in [-0.1, -0.05) is 18.2 Å². The lowest BCUT2D eigenvalue weighted by atomic mass is 10.1. The van der Waals surface area contributed by atoms with Gasteiger partial charge in [0.15, 0.2) is 5.58 Å². The maximum Gasteiger partial charge on any atom is 0.420 e. The maximum absolute atomic E-state index is 13.0. The van der Waals surface area contributed by atoms with Gasteiger partial charge in [-0.15, -0.1) is 0 Å². The number of rotatable bonds is 4. The molecule has 1 aliphatic rings. The number of H-pyrrole nitrogens is 1. The number of nitrogens with zero attached hydrogens (tertiary/aromatic N) is 2. The zero-order valence-corrected chi connectivity index (χ0v) is 17.8. The monoisotopic (exact) mass is 446 g/mol. The van der Waals surface area contributed by atoms with Crippen molar-refractivity contribution in [2.75, 3.05) is 18.4 Å². The van der Waals surface area contributed by atoms with E-state index in [9.17, 15) is 19.2 Å². The van der Waals surface area contributed by atoms with E-state index < -0.39 is 11.7 Å². The molecule has 33 heavy (non-hydrogen) atoms. The first-order chi connectivity index (χ1) is 16.0. The van der Waals surface area contributed by atoms with Crippen molar-refractivity contribution in [2.24, 2.45) is 0 Å². The molecule has 2 aromatic carbocycles. The van der Waals surface area contributed by atoms with Gasteiger partial charge in [-0.3, -0.25) is 19.0 Å². The number of aromatic amines is 1.